The van der Waals surface area contributed by atoms with Crippen molar-refractivity contribution in [3.63, 3.8) is 0 Å². The van der Waals surface area contributed by atoms with Crippen LogP contribution in [0.2, 0.25) is 5.02 Å². The minimum atomic E-state index is -0.539. The number of hydrogen-bond donors (Lipinski definition) is 1. The minimum Gasteiger partial charge on any atom is -0.486 e. The topological polar surface area (TPSA) is 35.2 Å². The Kier molecular flexibility index (Phi) is 3.67. The Morgan fingerprint density at radius 1 is 1.06 bits per heavy atom. The Balaban J connectivity index is 2.09. The number of nitrogens with two attached hydrogens (primary N) is 1. The molecule has 0 aliphatic carbocycles. The smallest absolute Gasteiger partial charge is 0.167 e. The Morgan fingerprint density at radius 2 is 1.83 bits per heavy atom. The second-order valence-electron chi connectivity index (χ2n) is 3.73. The van der Waals surface area contributed by atoms with Crippen LogP contribution in [0.15, 0.2) is 36.4 Å². The highest BCUT2D eigenvalue weighted by atomic mass is 35.5. The number of anilines is 1. The number of benzene rings is 2. The van der Waals surface area contributed by atoms with E-state index >= 15 is 0 Å². The predicted octanol–water partition coefficient (Wildman–Crippen LogP) is 3.78. The van der Waals surface area contributed by atoms with Crippen LogP contribution < -0.4 is 10.5 Å². The van der Waals surface area contributed by atoms with Crippen molar-refractivity contribution in [2.75, 3.05) is 5.73 Å². The van der Waals surface area contributed by atoms with Crippen LogP contribution in [0.5, 0.6) is 5.75 Å². The maximum atomic E-state index is 13.4. The van der Waals surface area contributed by atoms with Gasteiger partial charge in [0.2, 0.25) is 0 Å². The lowest BCUT2D eigenvalue weighted by Gasteiger charge is -2.08. The fraction of sp³-hybridized carbons (Fsp3) is 0.0769. The van der Waals surface area contributed by atoms with Gasteiger partial charge in [0.05, 0.1) is 5.02 Å². The molecule has 0 bridgehead atoms. The summed E-state index contributed by atoms with van der Waals surface area (Å²) in [5, 5.41) is 0.00822. The van der Waals surface area contributed by atoms with E-state index in [9.17, 15) is 8.78 Å². The summed E-state index contributed by atoms with van der Waals surface area (Å²) in [6.45, 7) is 0.0981. The van der Waals surface area contributed by atoms with E-state index in [1.165, 1.54) is 36.4 Å². The molecule has 0 spiro atoms. The van der Waals surface area contributed by atoms with Crippen molar-refractivity contribution in [1.29, 1.82) is 0 Å². The highest BCUT2D eigenvalue weighted by Gasteiger charge is 2.05. The zero-order chi connectivity index (χ0) is 13.1. The van der Waals surface area contributed by atoms with Gasteiger partial charge in [-0.1, -0.05) is 17.7 Å². The molecule has 0 saturated carbocycles. The second kappa shape index (κ2) is 5.23. The molecule has 0 unspecified atom stereocenters. The van der Waals surface area contributed by atoms with Gasteiger partial charge in [-0.15, -0.1) is 0 Å². The van der Waals surface area contributed by atoms with Crippen LogP contribution in [0.3, 0.4) is 0 Å². The largest absolute Gasteiger partial charge is 0.486 e. The van der Waals surface area contributed by atoms with Gasteiger partial charge < -0.3 is 10.5 Å². The summed E-state index contributed by atoms with van der Waals surface area (Å²) >= 11 is 5.63. The summed E-state index contributed by atoms with van der Waals surface area (Å²) < 4.78 is 31.6. The lowest BCUT2D eigenvalue weighted by molar-refractivity contribution is 0.290. The van der Waals surface area contributed by atoms with Crippen molar-refractivity contribution >= 4 is 17.3 Å². The van der Waals surface area contributed by atoms with Gasteiger partial charge in [0.25, 0.3) is 0 Å². The lowest BCUT2D eigenvalue weighted by Crippen LogP contribution is -1.98. The first-order valence-electron chi connectivity index (χ1n) is 5.18. The van der Waals surface area contributed by atoms with Crippen LogP contribution in [0, 0.1) is 11.6 Å². The molecular formula is C13H10ClF2NO. The molecule has 0 saturated heterocycles. The van der Waals surface area contributed by atoms with Crippen LogP contribution in [0.4, 0.5) is 14.5 Å². The second-order valence-corrected chi connectivity index (χ2v) is 4.13. The molecule has 2 aromatic rings. The third-order valence-corrected chi connectivity index (χ3v) is 2.62. The first-order chi connectivity index (χ1) is 8.56. The predicted molar refractivity (Wildman–Crippen MR) is 66.6 cm³/mol. The molecule has 2 nitrogen and oxygen atoms in total. The molecule has 18 heavy (non-hydrogen) atoms. The maximum Gasteiger partial charge on any atom is 0.167 e. The number of nitrogen functional groups attached to an aromatic ring is 1. The Hall–Kier alpha value is -1.81. The van der Waals surface area contributed by atoms with E-state index in [-0.39, 0.29) is 17.4 Å². The van der Waals surface area contributed by atoms with E-state index in [0.29, 0.717) is 11.3 Å². The fourth-order valence-electron chi connectivity index (χ4n) is 1.42. The van der Waals surface area contributed by atoms with Crippen LogP contribution in [-0.2, 0) is 6.61 Å². The molecule has 94 valence electrons. The normalized spacial score (nSPS) is 10.4. The summed E-state index contributed by atoms with van der Waals surface area (Å²) in [4.78, 5) is 0. The lowest BCUT2D eigenvalue weighted by atomic mass is 10.2. The van der Waals surface area contributed by atoms with Crippen molar-refractivity contribution in [2.45, 2.75) is 6.61 Å². The SMILES string of the molecule is Nc1ccc(OCc2ccc(F)c(Cl)c2)c(F)c1. The van der Waals surface area contributed by atoms with Crippen LogP contribution in [0.25, 0.3) is 0 Å². The first-order valence-corrected chi connectivity index (χ1v) is 5.56. The standard InChI is InChI=1S/C13H10ClF2NO/c14-10-5-8(1-3-11(10)15)7-18-13-4-2-9(17)6-12(13)16/h1-6H,7,17H2. The van der Waals surface area contributed by atoms with Crippen molar-refractivity contribution < 1.29 is 13.5 Å². The van der Waals surface area contributed by atoms with Gasteiger partial charge in [0.15, 0.2) is 11.6 Å². The minimum absolute atomic E-state index is 0.00822. The molecule has 2 aromatic carbocycles. The van der Waals surface area contributed by atoms with Crippen molar-refractivity contribution in [3.8, 4) is 5.75 Å². The first kappa shape index (κ1) is 12.6. The van der Waals surface area contributed by atoms with Crippen molar-refractivity contribution in [2.24, 2.45) is 0 Å². The van der Waals surface area contributed by atoms with Gasteiger partial charge in [-0.2, -0.15) is 0 Å². The van der Waals surface area contributed by atoms with E-state index < -0.39 is 11.6 Å². The molecule has 2 N–H and O–H groups in total. The van der Waals surface area contributed by atoms with Gasteiger partial charge in [-0.05, 0) is 29.8 Å². The summed E-state index contributed by atoms with van der Waals surface area (Å²) in [6.07, 6.45) is 0. The molecule has 0 heterocycles. The third kappa shape index (κ3) is 2.90. The summed E-state index contributed by atoms with van der Waals surface area (Å²) in [7, 11) is 0. The van der Waals surface area contributed by atoms with Crippen LogP contribution >= 0.6 is 11.6 Å². The van der Waals surface area contributed by atoms with Gasteiger partial charge in [0, 0.05) is 11.8 Å². The highest BCUT2D eigenvalue weighted by Crippen LogP contribution is 2.22. The molecule has 2 rings (SSSR count). The Bertz CT molecular complexity index is 575. The molecular weight excluding hydrogens is 260 g/mol. The highest BCUT2D eigenvalue weighted by molar-refractivity contribution is 6.30. The molecule has 0 aromatic heterocycles. The molecule has 0 aliphatic rings. The number of ether oxygens (including phenoxy) is 1. The molecule has 0 radical (unpaired) electrons. The quantitative estimate of drug-likeness (QED) is 0.861. The third-order valence-electron chi connectivity index (χ3n) is 2.33. The van der Waals surface area contributed by atoms with E-state index in [2.05, 4.69) is 0 Å². The Morgan fingerprint density at radius 3 is 2.50 bits per heavy atom. The molecule has 5 heteroatoms. The zero-order valence-corrected chi connectivity index (χ0v) is 10.0. The fourth-order valence-corrected chi connectivity index (χ4v) is 1.63. The van der Waals surface area contributed by atoms with E-state index in [1.54, 1.807) is 0 Å². The molecule has 0 atom stereocenters. The monoisotopic (exact) mass is 269 g/mol. The number of hydrogen-bond acceptors (Lipinski definition) is 2. The van der Waals surface area contributed by atoms with Gasteiger partial charge in [0.1, 0.15) is 12.4 Å². The van der Waals surface area contributed by atoms with Gasteiger partial charge >= 0.3 is 0 Å². The van der Waals surface area contributed by atoms with E-state index in [1.807, 2.05) is 0 Å². The average Bonchev–Trinajstić information content (AvgIpc) is 2.32. The molecule has 0 aliphatic heterocycles. The molecule has 0 fully saturated rings. The summed E-state index contributed by atoms with van der Waals surface area (Å²) in [5.41, 5.74) is 6.39. The van der Waals surface area contributed by atoms with Crippen LogP contribution in [0.1, 0.15) is 5.56 Å². The molecule has 0 amide bonds. The summed E-state index contributed by atoms with van der Waals surface area (Å²) in [5.74, 6) is -0.952. The van der Waals surface area contributed by atoms with Crippen molar-refractivity contribution in [1.82, 2.24) is 0 Å². The van der Waals surface area contributed by atoms with E-state index in [4.69, 9.17) is 22.1 Å². The van der Waals surface area contributed by atoms with E-state index in [0.717, 1.165) is 0 Å². The number of halogens is 3. The zero-order valence-electron chi connectivity index (χ0n) is 9.29. The van der Waals surface area contributed by atoms with Gasteiger partial charge in [-0.25, -0.2) is 8.78 Å². The average molecular weight is 270 g/mol. The van der Waals surface area contributed by atoms with Crippen molar-refractivity contribution in [3.05, 3.63) is 58.6 Å². The van der Waals surface area contributed by atoms with Gasteiger partial charge in [-0.3, -0.25) is 0 Å². The maximum absolute atomic E-state index is 13.4. The summed E-state index contributed by atoms with van der Waals surface area (Å²) in [6, 6.07) is 8.35. The Labute approximate surface area is 108 Å². The number of rotatable bonds is 3. The van der Waals surface area contributed by atoms with Crippen LogP contribution in [-0.4, -0.2) is 0 Å².